The second-order valence-corrected chi connectivity index (χ2v) is 8.43. The molecule has 3 fully saturated rings. The van der Waals surface area contributed by atoms with E-state index in [4.69, 9.17) is 0 Å². The van der Waals surface area contributed by atoms with Crippen LogP contribution in [-0.2, 0) is 14.6 Å². The van der Waals surface area contributed by atoms with Gasteiger partial charge in [0.05, 0.1) is 5.75 Å². The molecular weight excluding hydrogens is 280 g/mol. The molecule has 0 N–H and O–H groups in total. The molecule has 1 aliphatic carbocycles. The third kappa shape index (κ3) is 2.21. The number of hydrogen-bond acceptors (Lipinski definition) is 4. The minimum Gasteiger partial charge on any atom is -0.309 e. The van der Waals surface area contributed by atoms with Crippen LogP contribution in [0.25, 0.3) is 0 Å². The average molecular weight is 300 g/mol. The van der Waals surface area contributed by atoms with Crippen LogP contribution in [0.3, 0.4) is 0 Å². The maximum absolute atomic E-state index is 12.4. The summed E-state index contributed by atoms with van der Waals surface area (Å²) < 4.78 is 22.4. The topological polar surface area (TPSA) is 74.8 Å². The number of carbonyl (C=O) groups excluding carboxylic acids is 2. The largest absolute Gasteiger partial charge is 0.327 e. The molecule has 2 heterocycles. The molecule has 2 saturated heterocycles. The van der Waals surface area contributed by atoms with Crippen LogP contribution in [0.5, 0.6) is 0 Å². The number of sulfone groups is 1. The van der Waals surface area contributed by atoms with Crippen LogP contribution in [-0.4, -0.2) is 60.8 Å². The van der Waals surface area contributed by atoms with Gasteiger partial charge in [0, 0.05) is 18.8 Å². The zero-order valence-electron chi connectivity index (χ0n) is 11.6. The lowest BCUT2D eigenvalue weighted by molar-refractivity contribution is -0.127. The van der Waals surface area contributed by atoms with Crippen molar-refractivity contribution in [3.8, 4) is 0 Å². The molecule has 20 heavy (non-hydrogen) atoms. The van der Waals surface area contributed by atoms with Crippen molar-refractivity contribution in [2.75, 3.05) is 18.6 Å². The fourth-order valence-corrected chi connectivity index (χ4v) is 4.35. The first-order valence-corrected chi connectivity index (χ1v) is 9.26. The fourth-order valence-electron chi connectivity index (χ4n) is 3.83. The highest BCUT2D eigenvalue weighted by Crippen LogP contribution is 2.43. The van der Waals surface area contributed by atoms with E-state index in [1.807, 2.05) is 0 Å². The Morgan fingerprint density at radius 1 is 1.20 bits per heavy atom. The minimum atomic E-state index is -3.17. The molecule has 112 valence electrons. The van der Waals surface area contributed by atoms with Gasteiger partial charge < -0.3 is 4.90 Å². The average Bonchev–Trinajstić information content (AvgIpc) is 2.85. The lowest BCUT2D eigenvalue weighted by Gasteiger charge is -2.30. The predicted octanol–water partition coefficient (Wildman–Crippen LogP) is 0.626. The molecule has 7 heteroatoms. The number of urea groups is 1. The van der Waals surface area contributed by atoms with Crippen molar-refractivity contribution in [3.63, 3.8) is 0 Å². The van der Waals surface area contributed by atoms with Gasteiger partial charge in [0.2, 0.25) is 0 Å². The number of imide groups is 1. The van der Waals surface area contributed by atoms with Crippen molar-refractivity contribution in [3.05, 3.63) is 0 Å². The van der Waals surface area contributed by atoms with E-state index in [1.165, 1.54) is 6.42 Å². The smallest absolute Gasteiger partial charge is 0.309 e. The van der Waals surface area contributed by atoms with Gasteiger partial charge >= 0.3 is 6.03 Å². The number of carbonyl (C=O) groups is 2. The standard InChI is InChI=1S/C13H20N2O4S/c1-20(18,19)7-6-14-12(16)11-8-9-4-2-3-5-10(9)15(11)13(14)17/h9-11H,2-8H2,1H3. The summed E-state index contributed by atoms with van der Waals surface area (Å²) in [6.45, 7) is -0.0130. The number of amides is 3. The Hall–Kier alpha value is -1.11. The molecule has 3 unspecified atom stereocenters. The van der Waals surface area contributed by atoms with Crippen molar-refractivity contribution in [2.45, 2.75) is 44.2 Å². The molecule has 3 amide bonds. The number of nitrogens with zero attached hydrogens (tertiary/aromatic N) is 2. The molecule has 0 aromatic carbocycles. The van der Waals surface area contributed by atoms with Crippen molar-refractivity contribution in [1.29, 1.82) is 0 Å². The third-order valence-corrected chi connectivity index (χ3v) is 5.70. The highest BCUT2D eigenvalue weighted by atomic mass is 32.2. The zero-order valence-corrected chi connectivity index (χ0v) is 12.4. The molecule has 0 aromatic rings. The molecule has 1 saturated carbocycles. The van der Waals surface area contributed by atoms with Crippen molar-refractivity contribution in [1.82, 2.24) is 9.80 Å². The monoisotopic (exact) mass is 300 g/mol. The predicted molar refractivity (Wildman–Crippen MR) is 72.8 cm³/mol. The summed E-state index contributed by atoms with van der Waals surface area (Å²) in [4.78, 5) is 27.6. The van der Waals surface area contributed by atoms with Gasteiger partial charge in [-0.3, -0.25) is 9.69 Å². The van der Waals surface area contributed by atoms with Crippen molar-refractivity contribution < 1.29 is 18.0 Å². The Kier molecular flexibility index (Phi) is 3.27. The van der Waals surface area contributed by atoms with Crippen molar-refractivity contribution >= 4 is 21.8 Å². The first-order valence-electron chi connectivity index (χ1n) is 7.20. The van der Waals surface area contributed by atoms with Gasteiger partial charge in [-0.25, -0.2) is 13.2 Å². The third-order valence-electron chi connectivity index (χ3n) is 4.78. The van der Waals surface area contributed by atoms with Gasteiger partial charge in [0.25, 0.3) is 5.91 Å². The Bertz CT molecular complexity index is 545. The van der Waals surface area contributed by atoms with E-state index in [9.17, 15) is 18.0 Å². The second-order valence-electron chi connectivity index (χ2n) is 6.17. The maximum Gasteiger partial charge on any atom is 0.327 e. The summed E-state index contributed by atoms with van der Waals surface area (Å²) >= 11 is 0. The van der Waals surface area contributed by atoms with Crippen LogP contribution >= 0.6 is 0 Å². The summed E-state index contributed by atoms with van der Waals surface area (Å²) in [6, 6.07) is -0.429. The molecule has 3 atom stereocenters. The Balaban J connectivity index is 1.76. The van der Waals surface area contributed by atoms with Crippen LogP contribution in [0, 0.1) is 5.92 Å². The molecule has 0 radical (unpaired) electrons. The minimum absolute atomic E-state index is 0.0130. The van der Waals surface area contributed by atoms with E-state index >= 15 is 0 Å². The summed E-state index contributed by atoms with van der Waals surface area (Å²) in [7, 11) is -3.17. The molecule has 0 spiro atoms. The number of fused-ring (bicyclic) bond motifs is 3. The number of rotatable bonds is 3. The van der Waals surface area contributed by atoms with Crippen LogP contribution in [0.1, 0.15) is 32.1 Å². The fraction of sp³-hybridized carbons (Fsp3) is 0.846. The summed E-state index contributed by atoms with van der Waals surface area (Å²) in [5.41, 5.74) is 0. The SMILES string of the molecule is CS(=O)(=O)CCN1C(=O)C2CC3CCCCC3N2C1=O. The van der Waals surface area contributed by atoms with Crippen LogP contribution in [0.15, 0.2) is 0 Å². The first kappa shape index (κ1) is 13.9. The van der Waals surface area contributed by atoms with Gasteiger partial charge in [0.1, 0.15) is 15.9 Å². The van der Waals surface area contributed by atoms with Crippen LogP contribution in [0.4, 0.5) is 4.79 Å². The lowest BCUT2D eigenvalue weighted by atomic mass is 9.84. The van der Waals surface area contributed by atoms with Gasteiger partial charge in [-0.2, -0.15) is 0 Å². The van der Waals surface area contributed by atoms with E-state index in [2.05, 4.69) is 0 Å². The van der Waals surface area contributed by atoms with Crippen LogP contribution in [0.2, 0.25) is 0 Å². The molecule has 3 rings (SSSR count). The van der Waals surface area contributed by atoms with E-state index in [0.717, 1.165) is 36.8 Å². The quantitative estimate of drug-likeness (QED) is 0.716. The summed E-state index contributed by atoms with van der Waals surface area (Å²) in [6.07, 6.45) is 6.24. The van der Waals surface area contributed by atoms with E-state index < -0.39 is 9.84 Å². The molecule has 0 aromatic heterocycles. The molecule has 3 aliphatic rings. The van der Waals surface area contributed by atoms with E-state index in [1.54, 1.807) is 4.90 Å². The van der Waals surface area contributed by atoms with Gasteiger partial charge in [-0.15, -0.1) is 0 Å². The summed E-state index contributed by atoms with van der Waals surface area (Å²) in [5, 5.41) is 0. The summed E-state index contributed by atoms with van der Waals surface area (Å²) in [5.74, 6) is 0.103. The normalized spacial score (nSPS) is 33.5. The lowest BCUT2D eigenvalue weighted by Crippen LogP contribution is -2.42. The van der Waals surface area contributed by atoms with Gasteiger partial charge in [-0.1, -0.05) is 12.8 Å². The van der Waals surface area contributed by atoms with Crippen molar-refractivity contribution in [2.24, 2.45) is 5.92 Å². The number of hydrogen-bond donors (Lipinski definition) is 0. The first-order chi connectivity index (χ1) is 9.38. The van der Waals surface area contributed by atoms with Crippen LogP contribution < -0.4 is 0 Å². The Morgan fingerprint density at radius 2 is 1.90 bits per heavy atom. The molecular formula is C13H20N2O4S. The highest BCUT2D eigenvalue weighted by Gasteiger charge is 2.55. The van der Waals surface area contributed by atoms with Gasteiger partial charge in [-0.05, 0) is 25.2 Å². The Labute approximate surface area is 119 Å². The highest BCUT2D eigenvalue weighted by molar-refractivity contribution is 7.90. The molecule has 0 bridgehead atoms. The maximum atomic E-state index is 12.4. The molecule has 6 nitrogen and oxygen atoms in total. The second kappa shape index (κ2) is 4.72. The van der Waals surface area contributed by atoms with E-state index in [0.29, 0.717) is 5.92 Å². The zero-order chi connectivity index (χ0) is 14.5. The van der Waals surface area contributed by atoms with Gasteiger partial charge in [0.15, 0.2) is 0 Å². The van der Waals surface area contributed by atoms with E-state index in [-0.39, 0.29) is 36.3 Å². The molecule has 2 aliphatic heterocycles. The Morgan fingerprint density at radius 3 is 2.60 bits per heavy atom.